The smallest absolute Gasteiger partial charge is 0.227 e. The topological polar surface area (TPSA) is 64.1 Å². The molecule has 5 rings (SSSR count). The van der Waals surface area contributed by atoms with E-state index in [-0.39, 0.29) is 29.7 Å². The number of β-amino-alcohol motifs (C(OH)–C–C–N with tert-alkyl or cyclic N) is 1. The summed E-state index contributed by atoms with van der Waals surface area (Å²) in [5.41, 5.74) is 0.884. The minimum absolute atomic E-state index is 0.0502. The van der Waals surface area contributed by atoms with Gasteiger partial charge in [0.15, 0.2) is 0 Å². The summed E-state index contributed by atoms with van der Waals surface area (Å²) in [6.07, 6.45) is 8.23. The van der Waals surface area contributed by atoms with Crippen LogP contribution in [0.2, 0.25) is 0 Å². The first kappa shape index (κ1) is 27.6. The third-order valence-corrected chi connectivity index (χ3v) is 9.16. The molecule has 0 spiro atoms. The van der Waals surface area contributed by atoms with Crippen molar-refractivity contribution < 1.29 is 14.7 Å². The normalized spacial score (nSPS) is 24.6. The van der Waals surface area contributed by atoms with Crippen LogP contribution in [0.4, 0.5) is 0 Å². The minimum atomic E-state index is -1.05. The molecule has 0 bridgehead atoms. The predicted octanol–water partition coefficient (Wildman–Crippen LogP) is 4.24. The van der Waals surface area contributed by atoms with Gasteiger partial charge in [0.2, 0.25) is 11.8 Å². The lowest BCUT2D eigenvalue weighted by molar-refractivity contribution is -0.135. The molecule has 39 heavy (non-hydrogen) atoms. The Morgan fingerprint density at radius 3 is 2.26 bits per heavy atom. The van der Waals surface area contributed by atoms with Crippen molar-refractivity contribution in [2.24, 2.45) is 11.8 Å². The van der Waals surface area contributed by atoms with Crippen LogP contribution in [0.25, 0.3) is 0 Å². The van der Waals surface area contributed by atoms with Crippen LogP contribution < -0.4 is 0 Å². The van der Waals surface area contributed by atoms with Crippen LogP contribution in [0, 0.1) is 11.8 Å². The number of carbonyl (C=O) groups is 2. The number of hydrogen-bond donors (Lipinski definition) is 1. The summed E-state index contributed by atoms with van der Waals surface area (Å²) in [6.45, 7) is 7.91. The van der Waals surface area contributed by atoms with Gasteiger partial charge in [0, 0.05) is 50.6 Å². The van der Waals surface area contributed by atoms with Gasteiger partial charge in [-0.1, -0.05) is 79.6 Å². The number of amides is 2. The van der Waals surface area contributed by atoms with Gasteiger partial charge in [-0.3, -0.25) is 9.59 Å². The van der Waals surface area contributed by atoms with Crippen LogP contribution in [0.1, 0.15) is 49.7 Å². The van der Waals surface area contributed by atoms with Crippen molar-refractivity contribution in [3.63, 3.8) is 0 Å². The highest BCUT2D eigenvalue weighted by molar-refractivity contribution is 5.80. The molecule has 2 atom stereocenters. The molecule has 1 saturated carbocycles. The molecule has 0 unspecified atom stereocenters. The summed E-state index contributed by atoms with van der Waals surface area (Å²) in [6, 6.07) is 20.0. The van der Waals surface area contributed by atoms with E-state index in [0.717, 1.165) is 69.3 Å². The molecular weight excluding hydrogens is 486 g/mol. The molecule has 1 N–H and O–H groups in total. The Morgan fingerprint density at radius 2 is 1.62 bits per heavy atom. The van der Waals surface area contributed by atoms with E-state index in [9.17, 15) is 14.7 Å². The quantitative estimate of drug-likeness (QED) is 0.494. The van der Waals surface area contributed by atoms with Gasteiger partial charge in [-0.2, -0.15) is 0 Å². The fraction of sp³-hybridized carbons (Fsp3) is 0.515. The third-order valence-electron chi connectivity index (χ3n) is 9.16. The molecule has 2 amide bonds. The van der Waals surface area contributed by atoms with E-state index in [1.807, 2.05) is 76.5 Å². The van der Waals surface area contributed by atoms with Crippen molar-refractivity contribution in [2.75, 3.05) is 39.3 Å². The molecule has 2 aliphatic heterocycles. The van der Waals surface area contributed by atoms with Crippen LogP contribution in [0.3, 0.4) is 0 Å². The standard InChI is InChI=1S/C33H43N3O3/c1-2-19-36(31(37)22-26-11-5-3-6-12-26)30-17-20-34(21-18-30)23-29-24-35(32(38)27-13-9-10-14-27)25-33(29,39)28-15-7-4-8-16-28/h2-8,11-12,15-16,27,29-30,39H,1,9-10,13-14,17-25H2/t29-,33-/m0/s1. The van der Waals surface area contributed by atoms with Gasteiger partial charge in [0.1, 0.15) is 5.60 Å². The molecule has 2 heterocycles. The first-order chi connectivity index (χ1) is 19.0. The van der Waals surface area contributed by atoms with Gasteiger partial charge < -0.3 is 19.8 Å². The summed E-state index contributed by atoms with van der Waals surface area (Å²) in [7, 11) is 0. The van der Waals surface area contributed by atoms with Crippen molar-refractivity contribution >= 4 is 11.8 Å². The molecular formula is C33H43N3O3. The Hall–Kier alpha value is -2.96. The maximum Gasteiger partial charge on any atom is 0.227 e. The van der Waals surface area contributed by atoms with E-state index in [2.05, 4.69) is 11.5 Å². The van der Waals surface area contributed by atoms with Crippen LogP contribution in [-0.2, 0) is 21.6 Å². The third kappa shape index (κ3) is 6.28. The maximum atomic E-state index is 13.3. The van der Waals surface area contributed by atoms with Crippen molar-refractivity contribution in [3.8, 4) is 0 Å². The van der Waals surface area contributed by atoms with Gasteiger partial charge in [-0.05, 0) is 36.8 Å². The summed E-state index contributed by atoms with van der Waals surface area (Å²) < 4.78 is 0. The summed E-state index contributed by atoms with van der Waals surface area (Å²) in [5, 5.41) is 12.1. The van der Waals surface area contributed by atoms with E-state index in [0.29, 0.717) is 26.1 Å². The van der Waals surface area contributed by atoms with E-state index in [4.69, 9.17) is 0 Å². The van der Waals surface area contributed by atoms with Gasteiger partial charge in [-0.25, -0.2) is 0 Å². The summed E-state index contributed by atoms with van der Waals surface area (Å²) in [4.78, 5) is 32.9. The number of piperidine rings is 1. The van der Waals surface area contributed by atoms with E-state index in [1.54, 1.807) is 0 Å². The van der Waals surface area contributed by atoms with Crippen LogP contribution >= 0.6 is 0 Å². The highest BCUT2D eigenvalue weighted by atomic mass is 16.3. The molecule has 3 fully saturated rings. The number of hydrogen-bond acceptors (Lipinski definition) is 4. The SMILES string of the molecule is C=CCN(C(=O)Cc1ccccc1)C1CCN(C[C@H]2CN(C(=O)C3CCCC3)C[C@]2(O)c2ccccc2)CC1. The molecule has 208 valence electrons. The van der Waals surface area contributed by atoms with Crippen LogP contribution in [0.5, 0.6) is 0 Å². The number of carbonyl (C=O) groups excluding carboxylic acids is 2. The lowest BCUT2D eigenvalue weighted by Crippen LogP contribution is -2.50. The Balaban J connectivity index is 1.23. The van der Waals surface area contributed by atoms with Crippen molar-refractivity contribution in [1.29, 1.82) is 0 Å². The van der Waals surface area contributed by atoms with E-state index >= 15 is 0 Å². The van der Waals surface area contributed by atoms with Gasteiger partial charge in [-0.15, -0.1) is 6.58 Å². The fourth-order valence-corrected chi connectivity index (χ4v) is 6.95. The zero-order valence-corrected chi connectivity index (χ0v) is 23.1. The van der Waals surface area contributed by atoms with Crippen molar-refractivity contribution in [3.05, 3.63) is 84.4 Å². The molecule has 6 nitrogen and oxygen atoms in total. The number of rotatable bonds is 9. The Labute approximate surface area is 233 Å². The summed E-state index contributed by atoms with van der Waals surface area (Å²) in [5.74, 6) is 0.435. The lowest BCUT2D eigenvalue weighted by Gasteiger charge is -2.40. The molecule has 2 aromatic carbocycles. The van der Waals surface area contributed by atoms with E-state index in [1.165, 1.54) is 0 Å². The number of aliphatic hydroxyl groups is 1. The first-order valence-corrected chi connectivity index (χ1v) is 14.7. The molecule has 0 radical (unpaired) electrons. The predicted molar refractivity (Wildman–Crippen MR) is 154 cm³/mol. The highest BCUT2D eigenvalue weighted by Gasteiger charge is 2.49. The Bertz CT molecular complexity index is 1110. The lowest BCUT2D eigenvalue weighted by atomic mass is 9.83. The van der Waals surface area contributed by atoms with Crippen LogP contribution in [-0.4, -0.2) is 76.9 Å². The number of benzene rings is 2. The minimum Gasteiger partial charge on any atom is -0.383 e. The zero-order valence-electron chi connectivity index (χ0n) is 23.1. The van der Waals surface area contributed by atoms with Crippen LogP contribution in [0.15, 0.2) is 73.3 Å². The molecule has 1 aliphatic carbocycles. The highest BCUT2D eigenvalue weighted by Crippen LogP contribution is 2.40. The molecule has 3 aliphatic rings. The zero-order chi connectivity index (χ0) is 27.2. The molecule has 2 aromatic rings. The van der Waals surface area contributed by atoms with E-state index < -0.39 is 5.60 Å². The average Bonchev–Trinajstić information content (AvgIpc) is 3.62. The number of likely N-dealkylation sites (tertiary alicyclic amines) is 2. The summed E-state index contributed by atoms with van der Waals surface area (Å²) >= 11 is 0. The van der Waals surface area contributed by atoms with Gasteiger partial charge >= 0.3 is 0 Å². The van der Waals surface area contributed by atoms with Crippen molar-refractivity contribution in [2.45, 2.75) is 56.6 Å². The van der Waals surface area contributed by atoms with Gasteiger partial charge in [0.05, 0.1) is 13.0 Å². The average molecular weight is 530 g/mol. The maximum absolute atomic E-state index is 13.3. The Kier molecular flexibility index (Phi) is 8.83. The number of nitrogens with zero attached hydrogens (tertiary/aromatic N) is 3. The second-order valence-corrected chi connectivity index (χ2v) is 11.7. The first-order valence-electron chi connectivity index (χ1n) is 14.7. The molecule has 2 saturated heterocycles. The molecule has 6 heteroatoms. The molecule has 0 aromatic heterocycles. The monoisotopic (exact) mass is 529 g/mol. The van der Waals surface area contributed by atoms with Gasteiger partial charge in [0.25, 0.3) is 0 Å². The Morgan fingerprint density at radius 1 is 0.974 bits per heavy atom. The second-order valence-electron chi connectivity index (χ2n) is 11.7. The fourth-order valence-electron chi connectivity index (χ4n) is 6.95. The van der Waals surface area contributed by atoms with Crippen molar-refractivity contribution in [1.82, 2.24) is 14.7 Å². The second kappa shape index (κ2) is 12.5. The largest absolute Gasteiger partial charge is 0.383 e.